The zero-order valence-electron chi connectivity index (χ0n) is 18.5. The van der Waals surface area contributed by atoms with Crippen molar-refractivity contribution in [3.8, 4) is 0 Å². The van der Waals surface area contributed by atoms with Gasteiger partial charge < -0.3 is 10.1 Å². The smallest absolute Gasteiger partial charge is 0.341 e. The number of thioether (sulfide) groups is 1. The van der Waals surface area contributed by atoms with Crippen molar-refractivity contribution >= 4 is 84.4 Å². The Kier molecular flexibility index (Phi) is 8.23. The Balaban J connectivity index is 1.42. The number of anilines is 1. The van der Waals surface area contributed by atoms with Gasteiger partial charge in [-0.1, -0.05) is 52.0 Å². The maximum Gasteiger partial charge on any atom is 0.341 e. The van der Waals surface area contributed by atoms with Gasteiger partial charge in [0.15, 0.2) is 0 Å². The van der Waals surface area contributed by atoms with Crippen molar-refractivity contribution in [2.45, 2.75) is 39.0 Å². The summed E-state index contributed by atoms with van der Waals surface area (Å²) in [7, 11) is 0. The lowest BCUT2D eigenvalue weighted by atomic mass is 9.95. The van der Waals surface area contributed by atoms with Gasteiger partial charge >= 0.3 is 5.97 Å². The fraction of sp³-hybridized carbons (Fsp3) is 0.333. The molecule has 0 unspecified atom stereocenters. The van der Waals surface area contributed by atoms with E-state index in [-0.39, 0.29) is 31.4 Å². The number of thiocarbonyl (C=S) groups is 1. The third-order valence-electron chi connectivity index (χ3n) is 5.49. The van der Waals surface area contributed by atoms with Gasteiger partial charge in [0.2, 0.25) is 5.91 Å². The first-order valence-electron chi connectivity index (χ1n) is 11.0. The highest BCUT2D eigenvalue weighted by atomic mass is 79.9. The molecule has 0 radical (unpaired) electrons. The Morgan fingerprint density at radius 1 is 1.29 bits per heavy atom. The minimum absolute atomic E-state index is 0.0709. The lowest BCUT2D eigenvalue weighted by Gasteiger charge is -2.14. The molecular formula is C24H23BrN2O4S3. The molecule has 4 rings (SSSR count). The van der Waals surface area contributed by atoms with Crippen molar-refractivity contribution in [3.05, 3.63) is 55.2 Å². The molecule has 0 saturated carbocycles. The van der Waals surface area contributed by atoms with E-state index in [4.69, 9.17) is 17.0 Å². The number of thiophene rings is 1. The van der Waals surface area contributed by atoms with Crippen molar-refractivity contribution in [3.63, 3.8) is 0 Å². The van der Waals surface area contributed by atoms with E-state index in [1.54, 1.807) is 13.0 Å². The number of benzene rings is 1. The summed E-state index contributed by atoms with van der Waals surface area (Å²) in [6.07, 6.45) is 5.68. The SMILES string of the molecule is CCOC(=O)c1c(NC(=O)CCN2C(=O)C(=Cc3cccc(Br)c3)SC2=S)sc2c1CCCC2. The van der Waals surface area contributed by atoms with Crippen LogP contribution in [0, 0.1) is 0 Å². The number of fused-ring (bicyclic) bond motifs is 1. The van der Waals surface area contributed by atoms with E-state index in [1.807, 2.05) is 24.3 Å². The van der Waals surface area contributed by atoms with Crippen molar-refractivity contribution in [2.75, 3.05) is 18.5 Å². The van der Waals surface area contributed by atoms with Crippen LogP contribution in [0.15, 0.2) is 33.6 Å². The quantitative estimate of drug-likeness (QED) is 0.254. The molecule has 6 nitrogen and oxygen atoms in total. The van der Waals surface area contributed by atoms with E-state index in [0.717, 1.165) is 46.2 Å². The number of carbonyl (C=O) groups is 3. The van der Waals surface area contributed by atoms with Gasteiger partial charge in [-0.15, -0.1) is 11.3 Å². The third kappa shape index (κ3) is 5.62. The van der Waals surface area contributed by atoms with Crippen molar-refractivity contribution in [1.29, 1.82) is 0 Å². The molecule has 0 spiro atoms. The molecule has 34 heavy (non-hydrogen) atoms. The van der Waals surface area contributed by atoms with Crippen molar-refractivity contribution in [1.82, 2.24) is 4.90 Å². The number of halogens is 1. The van der Waals surface area contributed by atoms with Crippen LogP contribution in [0.4, 0.5) is 5.00 Å². The molecule has 1 saturated heterocycles. The molecule has 10 heteroatoms. The lowest BCUT2D eigenvalue weighted by Crippen LogP contribution is -2.31. The van der Waals surface area contributed by atoms with E-state index in [9.17, 15) is 14.4 Å². The minimum atomic E-state index is -0.396. The number of hydrogen-bond donors (Lipinski definition) is 1. The van der Waals surface area contributed by atoms with E-state index in [1.165, 1.54) is 28.0 Å². The van der Waals surface area contributed by atoms with Crippen LogP contribution in [-0.4, -0.2) is 40.2 Å². The molecule has 1 aliphatic carbocycles. The molecule has 2 heterocycles. The fourth-order valence-electron chi connectivity index (χ4n) is 3.92. The number of hydrogen-bond acceptors (Lipinski definition) is 7. The first-order valence-corrected chi connectivity index (χ1v) is 13.8. The normalized spacial score (nSPS) is 16.6. The van der Waals surface area contributed by atoms with E-state index < -0.39 is 5.97 Å². The lowest BCUT2D eigenvalue weighted by molar-refractivity contribution is -0.122. The second-order valence-corrected chi connectivity index (χ2v) is 11.5. The highest BCUT2D eigenvalue weighted by molar-refractivity contribution is 9.10. The van der Waals surface area contributed by atoms with E-state index in [0.29, 0.717) is 19.8 Å². The van der Waals surface area contributed by atoms with Crippen LogP contribution in [0.5, 0.6) is 0 Å². The average molecular weight is 580 g/mol. The van der Waals surface area contributed by atoms with Crippen LogP contribution < -0.4 is 5.32 Å². The summed E-state index contributed by atoms with van der Waals surface area (Å²) in [5, 5.41) is 3.43. The number of aryl methyl sites for hydroxylation is 1. The van der Waals surface area contributed by atoms with Crippen LogP contribution >= 0.6 is 51.2 Å². The molecule has 1 aromatic heterocycles. The highest BCUT2D eigenvalue weighted by Crippen LogP contribution is 2.39. The number of esters is 1. The monoisotopic (exact) mass is 578 g/mol. The molecule has 2 aliphatic rings. The predicted octanol–water partition coefficient (Wildman–Crippen LogP) is 5.80. The number of carbonyl (C=O) groups excluding carboxylic acids is 3. The first-order chi connectivity index (χ1) is 16.4. The van der Waals surface area contributed by atoms with Crippen LogP contribution in [0.2, 0.25) is 0 Å². The Bertz CT molecular complexity index is 1190. The number of rotatable bonds is 7. The van der Waals surface area contributed by atoms with Crippen LogP contribution in [0.3, 0.4) is 0 Å². The zero-order valence-corrected chi connectivity index (χ0v) is 22.6. The van der Waals surface area contributed by atoms with Crippen LogP contribution in [0.25, 0.3) is 6.08 Å². The molecule has 2 aromatic rings. The summed E-state index contributed by atoms with van der Waals surface area (Å²) in [6, 6.07) is 7.64. The summed E-state index contributed by atoms with van der Waals surface area (Å²) >= 11 is 11.5. The van der Waals surface area contributed by atoms with Gasteiger partial charge in [0.1, 0.15) is 9.32 Å². The Morgan fingerprint density at radius 2 is 2.09 bits per heavy atom. The summed E-state index contributed by atoms with van der Waals surface area (Å²) in [5.74, 6) is -0.873. The zero-order chi connectivity index (χ0) is 24.2. The maximum absolute atomic E-state index is 12.9. The van der Waals surface area contributed by atoms with Gasteiger partial charge in [-0.3, -0.25) is 14.5 Å². The summed E-state index contributed by atoms with van der Waals surface area (Å²) < 4.78 is 6.60. The second kappa shape index (κ2) is 11.2. The molecule has 1 aromatic carbocycles. The molecular weight excluding hydrogens is 556 g/mol. The summed E-state index contributed by atoms with van der Waals surface area (Å²) in [6.45, 7) is 2.22. The predicted molar refractivity (Wildman–Crippen MR) is 144 cm³/mol. The first kappa shape index (κ1) is 25.1. The molecule has 0 bridgehead atoms. The third-order valence-corrected chi connectivity index (χ3v) is 8.56. The van der Waals surface area contributed by atoms with Gasteiger partial charge in [0.05, 0.1) is 17.1 Å². The summed E-state index contributed by atoms with van der Waals surface area (Å²) in [4.78, 5) is 41.4. The van der Waals surface area contributed by atoms with Gasteiger partial charge in [0, 0.05) is 22.3 Å². The standard InChI is InChI=1S/C24H23BrN2O4S3/c1-2-31-23(30)20-16-8-3-4-9-17(16)33-21(20)26-19(28)10-11-27-22(29)18(34-24(27)32)13-14-6-5-7-15(25)12-14/h5-7,12-13H,2-4,8-11H2,1H3,(H,26,28). The Morgan fingerprint density at radius 3 is 2.85 bits per heavy atom. The van der Waals surface area contributed by atoms with Gasteiger partial charge in [-0.2, -0.15) is 0 Å². The second-order valence-electron chi connectivity index (χ2n) is 7.82. The Hall–Kier alpha value is -2.01. The number of nitrogens with zero attached hydrogens (tertiary/aromatic N) is 1. The van der Waals surface area contributed by atoms with Crippen LogP contribution in [-0.2, 0) is 27.2 Å². The molecule has 2 amide bonds. The number of ether oxygens (including phenoxy) is 1. The van der Waals surface area contributed by atoms with E-state index >= 15 is 0 Å². The molecule has 1 N–H and O–H groups in total. The molecule has 0 atom stereocenters. The largest absolute Gasteiger partial charge is 0.462 e. The number of nitrogens with one attached hydrogen (secondary N) is 1. The summed E-state index contributed by atoms with van der Waals surface area (Å²) in [5.41, 5.74) is 2.37. The highest BCUT2D eigenvalue weighted by Gasteiger charge is 2.32. The van der Waals surface area contributed by atoms with Crippen LogP contribution in [0.1, 0.15) is 52.5 Å². The van der Waals surface area contributed by atoms with Gasteiger partial charge in [0.25, 0.3) is 5.91 Å². The molecule has 178 valence electrons. The average Bonchev–Trinajstić information content (AvgIpc) is 3.28. The maximum atomic E-state index is 12.9. The topological polar surface area (TPSA) is 75.7 Å². The van der Waals surface area contributed by atoms with Gasteiger partial charge in [-0.05, 0) is 61.9 Å². The van der Waals surface area contributed by atoms with Crippen molar-refractivity contribution < 1.29 is 19.1 Å². The minimum Gasteiger partial charge on any atom is -0.462 e. The molecule has 1 fully saturated rings. The molecule has 1 aliphatic heterocycles. The van der Waals surface area contributed by atoms with Crippen molar-refractivity contribution in [2.24, 2.45) is 0 Å². The Labute approximate surface area is 220 Å². The van der Waals surface area contributed by atoms with Gasteiger partial charge in [-0.25, -0.2) is 4.79 Å². The fourth-order valence-corrected chi connectivity index (χ4v) is 6.94. The van der Waals surface area contributed by atoms with E-state index in [2.05, 4.69) is 21.2 Å². The number of amides is 2.